The van der Waals surface area contributed by atoms with Gasteiger partial charge in [-0.15, -0.1) is 0 Å². The van der Waals surface area contributed by atoms with Crippen molar-refractivity contribution in [2.45, 2.75) is 20.3 Å². The molecule has 0 aromatic heterocycles. The minimum atomic E-state index is -0.670. The molecular formula is C11H12Cl2N2O2. The molecule has 1 amide bonds. The van der Waals surface area contributed by atoms with Crippen LogP contribution in [0.15, 0.2) is 23.4 Å². The third kappa shape index (κ3) is 4.63. The maximum atomic E-state index is 11.3. The number of amides is 1. The maximum absolute atomic E-state index is 11.3. The molecule has 0 aliphatic heterocycles. The topological polar surface area (TPSA) is 50.7 Å². The maximum Gasteiger partial charge on any atom is 0.437 e. The number of halogens is 2. The largest absolute Gasteiger partial charge is 0.437 e. The first-order valence-corrected chi connectivity index (χ1v) is 5.75. The highest BCUT2D eigenvalue weighted by atomic mass is 35.5. The monoisotopic (exact) mass is 274 g/mol. The van der Waals surface area contributed by atoms with E-state index in [0.717, 1.165) is 12.1 Å². The molecule has 6 heteroatoms. The Morgan fingerprint density at radius 3 is 2.71 bits per heavy atom. The zero-order valence-electron chi connectivity index (χ0n) is 9.46. The molecule has 1 N–H and O–H groups in total. The summed E-state index contributed by atoms with van der Waals surface area (Å²) in [4.78, 5) is 15.9. The Balaban J connectivity index is 2.59. The second-order valence-corrected chi connectivity index (χ2v) is 4.13. The molecule has 17 heavy (non-hydrogen) atoms. The lowest BCUT2D eigenvalue weighted by Gasteiger charge is -2.04. The van der Waals surface area contributed by atoms with Gasteiger partial charge < -0.3 is 0 Å². The van der Waals surface area contributed by atoms with Crippen molar-refractivity contribution in [3.8, 4) is 0 Å². The first kappa shape index (κ1) is 13.8. The Kier molecular flexibility index (Phi) is 5.25. The third-order valence-electron chi connectivity index (χ3n) is 1.96. The van der Waals surface area contributed by atoms with Gasteiger partial charge >= 0.3 is 6.09 Å². The Hall–Kier alpha value is -1.26. The number of oxime groups is 1. The molecule has 0 bridgehead atoms. The van der Waals surface area contributed by atoms with E-state index in [1.807, 2.05) is 6.92 Å². The SMILES string of the molecule is CC/C(C)=N\OC(=O)Nc1ccc(Cl)c(Cl)c1. The normalized spacial score (nSPS) is 11.2. The number of nitrogens with zero attached hydrogens (tertiary/aromatic N) is 1. The van der Waals surface area contributed by atoms with Crippen molar-refractivity contribution in [1.29, 1.82) is 0 Å². The molecule has 0 saturated carbocycles. The average Bonchev–Trinajstić information content (AvgIpc) is 2.31. The van der Waals surface area contributed by atoms with Crippen LogP contribution in [0.2, 0.25) is 10.0 Å². The van der Waals surface area contributed by atoms with Crippen molar-refractivity contribution in [2.24, 2.45) is 5.16 Å². The first-order valence-electron chi connectivity index (χ1n) is 4.99. The number of hydrogen-bond donors (Lipinski definition) is 1. The van der Waals surface area contributed by atoms with E-state index in [9.17, 15) is 4.79 Å². The predicted octanol–water partition coefficient (Wildman–Crippen LogP) is 4.33. The van der Waals surface area contributed by atoms with Crippen LogP contribution >= 0.6 is 23.2 Å². The summed E-state index contributed by atoms with van der Waals surface area (Å²) in [6.07, 6.45) is 0.0521. The van der Waals surface area contributed by atoms with Crippen LogP contribution < -0.4 is 5.32 Å². The molecule has 0 spiro atoms. The van der Waals surface area contributed by atoms with Gasteiger partial charge in [0, 0.05) is 5.69 Å². The fraction of sp³-hybridized carbons (Fsp3) is 0.273. The van der Waals surface area contributed by atoms with Crippen LogP contribution in [0.3, 0.4) is 0 Å². The lowest BCUT2D eigenvalue weighted by atomic mass is 10.3. The van der Waals surface area contributed by atoms with Crippen LogP contribution in [0.4, 0.5) is 10.5 Å². The number of benzene rings is 1. The van der Waals surface area contributed by atoms with Crippen molar-refractivity contribution in [1.82, 2.24) is 0 Å². The molecule has 0 fully saturated rings. The van der Waals surface area contributed by atoms with Crippen LogP contribution in [0.25, 0.3) is 0 Å². The molecular weight excluding hydrogens is 263 g/mol. The quantitative estimate of drug-likeness (QED) is 0.507. The van der Waals surface area contributed by atoms with Crippen LogP contribution in [0, 0.1) is 0 Å². The molecule has 92 valence electrons. The Labute approximate surface area is 110 Å². The molecule has 0 heterocycles. The van der Waals surface area contributed by atoms with Gasteiger partial charge in [-0.25, -0.2) is 4.79 Å². The summed E-state index contributed by atoms with van der Waals surface area (Å²) in [5.41, 5.74) is 1.23. The van der Waals surface area contributed by atoms with Gasteiger partial charge in [0.2, 0.25) is 0 Å². The van der Waals surface area contributed by atoms with Crippen molar-refractivity contribution in [3.63, 3.8) is 0 Å². The van der Waals surface area contributed by atoms with Crippen molar-refractivity contribution in [3.05, 3.63) is 28.2 Å². The average molecular weight is 275 g/mol. The molecule has 0 unspecified atom stereocenters. The number of carbonyl (C=O) groups excluding carboxylic acids is 1. The van der Waals surface area contributed by atoms with Crippen molar-refractivity contribution >= 4 is 40.7 Å². The second-order valence-electron chi connectivity index (χ2n) is 3.31. The van der Waals surface area contributed by atoms with Gasteiger partial charge in [0.05, 0.1) is 15.8 Å². The van der Waals surface area contributed by atoms with Gasteiger partial charge in [0.25, 0.3) is 0 Å². The Bertz CT molecular complexity index is 447. The van der Waals surface area contributed by atoms with Gasteiger partial charge in [-0.1, -0.05) is 35.3 Å². The van der Waals surface area contributed by atoms with E-state index in [2.05, 4.69) is 15.3 Å². The van der Waals surface area contributed by atoms with Crippen LogP contribution in [-0.4, -0.2) is 11.8 Å². The highest BCUT2D eigenvalue weighted by Gasteiger charge is 2.05. The van der Waals surface area contributed by atoms with Crippen molar-refractivity contribution < 1.29 is 9.63 Å². The zero-order valence-corrected chi connectivity index (χ0v) is 11.0. The highest BCUT2D eigenvalue weighted by molar-refractivity contribution is 6.42. The van der Waals surface area contributed by atoms with E-state index in [0.29, 0.717) is 15.7 Å². The Morgan fingerprint density at radius 2 is 2.12 bits per heavy atom. The summed E-state index contributed by atoms with van der Waals surface area (Å²) in [6, 6.07) is 4.73. The van der Waals surface area contributed by atoms with E-state index in [1.165, 1.54) is 6.07 Å². The summed E-state index contributed by atoms with van der Waals surface area (Å²) in [7, 11) is 0. The van der Waals surface area contributed by atoms with Crippen LogP contribution in [-0.2, 0) is 4.84 Å². The fourth-order valence-corrected chi connectivity index (χ4v) is 1.20. The van der Waals surface area contributed by atoms with E-state index in [1.54, 1.807) is 19.1 Å². The third-order valence-corrected chi connectivity index (χ3v) is 2.70. The number of nitrogens with one attached hydrogen (secondary N) is 1. The van der Waals surface area contributed by atoms with E-state index < -0.39 is 6.09 Å². The summed E-state index contributed by atoms with van der Waals surface area (Å²) < 4.78 is 0. The van der Waals surface area contributed by atoms with E-state index >= 15 is 0 Å². The van der Waals surface area contributed by atoms with Crippen LogP contribution in [0.5, 0.6) is 0 Å². The van der Waals surface area contributed by atoms with Crippen molar-refractivity contribution in [2.75, 3.05) is 5.32 Å². The molecule has 0 aliphatic rings. The summed E-state index contributed by atoms with van der Waals surface area (Å²) in [5, 5.41) is 6.88. The first-order chi connectivity index (χ1) is 8.02. The number of hydrogen-bond acceptors (Lipinski definition) is 3. The fourth-order valence-electron chi connectivity index (χ4n) is 0.898. The standard InChI is InChI=1S/C11H12Cl2N2O2/c1-3-7(2)15-17-11(16)14-8-4-5-9(12)10(13)6-8/h4-6H,3H2,1-2H3,(H,14,16)/b15-7-. The summed E-state index contributed by atoms with van der Waals surface area (Å²) in [5.74, 6) is 0. The number of carbonyl (C=O) groups is 1. The molecule has 0 radical (unpaired) electrons. The van der Waals surface area contributed by atoms with E-state index in [-0.39, 0.29) is 0 Å². The lowest BCUT2D eigenvalue weighted by Crippen LogP contribution is -2.11. The van der Waals surface area contributed by atoms with Gasteiger partial charge in [0.15, 0.2) is 0 Å². The van der Waals surface area contributed by atoms with Crippen LogP contribution in [0.1, 0.15) is 20.3 Å². The highest BCUT2D eigenvalue weighted by Crippen LogP contribution is 2.24. The molecule has 1 aromatic carbocycles. The Morgan fingerprint density at radius 1 is 1.41 bits per heavy atom. The molecule has 0 atom stereocenters. The predicted molar refractivity (Wildman–Crippen MR) is 70.0 cm³/mol. The molecule has 1 rings (SSSR count). The zero-order chi connectivity index (χ0) is 12.8. The molecule has 4 nitrogen and oxygen atoms in total. The minimum Gasteiger partial charge on any atom is -0.298 e. The number of rotatable bonds is 3. The molecule has 1 aromatic rings. The molecule has 0 saturated heterocycles. The van der Waals surface area contributed by atoms with Gasteiger partial charge in [-0.05, 0) is 31.5 Å². The summed E-state index contributed by atoms with van der Waals surface area (Å²) >= 11 is 11.5. The van der Waals surface area contributed by atoms with E-state index in [4.69, 9.17) is 23.2 Å². The second kappa shape index (κ2) is 6.47. The van der Waals surface area contributed by atoms with Gasteiger partial charge in [0.1, 0.15) is 0 Å². The van der Waals surface area contributed by atoms with Gasteiger partial charge in [-0.2, -0.15) is 0 Å². The van der Waals surface area contributed by atoms with Gasteiger partial charge in [-0.3, -0.25) is 10.2 Å². The summed E-state index contributed by atoms with van der Waals surface area (Å²) in [6.45, 7) is 3.69. The molecule has 0 aliphatic carbocycles. The lowest BCUT2D eigenvalue weighted by molar-refractivity contribution is 0.166. The number of anilines is 1. The smallest absolute Gasteiger partial charge is 0.298 e. The minimum absolute atomic E-state index is 0.359.